The molecule has 1 aromatic heterocycles. The molecule has 0 bridgehead atoms. The highest BCUT2D eigenvalue weighted by molar-refractivity contribution is 5.95. The number of nitrogens with zero attached hydrogens (tertiary/aromatic N) is 3. The van der Waals surface area contributed by atoms with Gasteiger partial charge >= 0.3 is 0 Å². The molecule has 1 amide bonds. The quantitative estimate of drug-likeness (QED) is 0.872. The molecule has 1 saturated heterocycles. The van der Waals surface area contributed by atoms with Gasteiger partial charge in [0, 0.05) is 19.6 Å². The van der Waals surface area contributed by atoms with E-state index in [1.54, 1.807) is 4.90 Å². The van der Waals surface area contributed by atoms with E-state index in [0.717, 1.165) is 11.4 Å². The van der Waals surface area contributed by atoms with Crippen molar-refractivity contribution >= 4 is 5.91 Å². The van der Waals surface area contributed by atoms with Crippen LogP contribution in [0.5, 0.6) is 0 Å². The fourth-order valence-corrected chi connectivity index (χ4v) is 2.47. The number of carbonyl (C=O) groups is 1. The second-order valence-electron chi connectivity index (χ2n) is 5.21. The van der Waals surface area contributed by atoms with Crippen LogP contribution in [0, 0.1) is 6.92 Å². The molecule has 2 N–H and O–H groups in total. The third-order valence-corrected chi connectivity index (χ3v) is 3.43. The molecule has 1 fully saturated rings. The second-order valence-corrected chi connectivity index (χ2v) is 5.21. The van der Waals surface area contributed by atoms with Crippen LogP contribution in [0.25, 0.3) is 0 Å². The number of hydrogen-bond acceptors (Lipinski definition) is 5. The summed E-state index contributed by atoms with van der Waals surface area (Å²) < 4.78 is 5.69. The standard InChI is InChI=1S/C14H22N4O2/c1-4-13-12(5-9(2)16-17-13)14(19)18-7-10(3)20-11(6-15)8-18/h5,10-11H,4,6-8,15H2,1-3H3. The summed E-state index contributed by atoms with van der Waals surface area (Å²) in [5, 5.41) is 8.14. The Bertz CT molecular complexity index is 492. The summed E-state index contributed by atoms with van der Waals surface area (Å²) in [5.41, 5.74) is 7.80. The maximum Gasteiger partial charge on any atom is 0.256 e. The number of hydrogen-bond donors (Lipinski definition) is 1. The van der Waals surface area contributed by atoms with Crippen molar-refractivity contribution < 1.29 is 9.53 Å². The van der Waals surface area contributed by atoms with Gasteiger partial charge in [0.05, 0.1) is 29.2 Å². The monoisotopic (exact) mass is 278 g/mol. The maximum atomic E-state index is 12.7. The third kappa shape index (κ3) is 3.13. The van der Waals surface area contributed by atoms with E-state index in [1.807, 2.05) is 26.8 Å². The van der Waals surface area contributed by atoms with E-state index in [-0.39, 0.29) is 18.1 Å². The first-order chi connectivity index (χ1) is 9.55. The summed E-state index contributed by atoms with van der Waals surface area (Å²) in [6.45, 7) is 7.31. The number of aromatic nitrogens is 2. The van der Waals surface area contributed by atoms with E-state index in [1.165, 1.54) is 0 Å². The zero-order chi connectivity index (χ0) is 14.7. The van der Waals surface area contributed by atoms with Crippen molar-refractivity contribution in [3.8, 4) is 0 Å². The van der Waals surface area contributed by atoms with Crippen molar-refractivity contribution in [3.05, 3.63) is 23.0 Å². The lowest BCUT2D eigenvalue weighted by Crippen LogP contribution is -2.51. The number of amides is 1. The number of ether oxygens (including phenoxy) is 1. The van der Waals surface area contributed by atoms with Gasteiger partial charge in [-0.2, -0.15) is 10.2 Å². The molecular weight excluding hydrogens is 256 g/mol. The predicted octanol–water partition coefficient (Wildman–Crippen LogP) is 0.536. The minimum atomic E-state index is -0.0938. The highest BCUT2D eigenvalue weighted by Crippen LogP contribution is 2.16. The van der Waals surface area contributed by atoms with Crippen molar-refractivity contribution in [1.82, 2.24) is 15.1 Å². The molecule has 20 heavy (non-hydrogen) atoms. The average Bonchev–Trinajstić information content (AvgIpc) is 2.45. The molecule has 1 aliphatic rings. The largest absolute Gasteiger partial charge is 0.370 e. The lowest BCUT2D eigenvalue weighted by Gasteiger charge is -2.36. The SMILES string of the molecule is CCc1nnc(C)cc1C(=O)N1CC(C)OC(CN)C1. The van der Waals surface area contributed by atoms with Crippen LogP contribution in [0.1, 0.15) is 35.6 Å². The molecule has 1 aliphatic heterocycles. The van der Waals surface area contributed by atoms with Crippen molar-refractivity contribution in [1.29, 1.82) is 0 Å². The lowest BCUT2D eigenvalue weighted by molar-refractivity contribution is -0.0626. The van der Waals surface area contributed by atoms with Gasteiger partial charge in [0.1, 0.15) is 0 Å². The number of morpholine rings is 1. The molecule has 0 aromatic carbocycles. The van der Waals surface area contributed by atoms with Gasteiger partial charge in [0.15, 0.2) is 0 Å². The normalized spacial score (nSPS) is 22.9. The topological polar surface area (TPSA) is 81.3 Å². The van der Waals surface area contributed by atoms with E-state index in [4.69, 9.17) is 10.5 Å². The van der Waals surface area contributed by atoms with E-state index in [2.05, 4.69) is 10.2 Å². The van der Waals surface area contributed by atoms with Crippen LogP contribution in [0.15, 0.2) is 6.07 Å². The summed E-state index contributed by atoms with van der Waals surface area (Å²) >= 11 is 0. The average molecular weight is 278 g/mol. The summed E-state index contributed by atoms with van der Waals surface area (Å²) in [6, 6.07) is 1.81. The molecule has 0 spiro atoms. The van der Waals surface area contributed by atoms with E-state index in [0.29, 0.717) is 31.6 Å². The first-order valence-corrected chi connectivity index (χ1v) is 7.03. The van der Waals surface area contributed by atoms with E-state index in [9.17, 15) is 4.79 Å². The van der Waals surface area contributed by atoms with Gasteiger partial charge in [-0.25, -0.2) is 0 Å². The second kappa shape index (κ2) is 6.28. The van der Waals surface area contributed by atoms with Crippen LogP contribution in [0.2, 0.25) is 0 Å². The number of aryl methyl sites for hydroxylation is 2. The van der Waals surface area contributed by atoms with Crippen LogP contribution < -0.4 is 5.73 Å². The molecule has 0 radical (unpaired) electrons. The van der Waals surface area contributed by atoms with Gasteiger partial charge in [-0.1, -0.05) is 6.92 Å². The minimum Gasteiger partial charge on any atom is -0.370 e. The minimum absolute atomic E-state index is 0.00206. The Balaban J connectivity index is 2.24. The van der Waals surface area contributed by atoms with Gasteiger partial charge < -0.3 is 15.4 Å². The number of rotatable bonds is 3. The maximum absolute atomic E-state index is 12.7. The third-order valence-electron chi connectivity index (χ3n) is 3.43. The fourth-order valence-electron chi connectivity index (χ4n) is 2.47. The van der Waals surface area contributed by atoms with Crippen molar-refractivity contribution in [2.45, 2.75) is 39.4 Å². The van der Waals surface area contributed by atoms with Crippen LogP contribution >= 0.6 is 0 Å². The molecule has 6 nitrogen and oxygen atoms in total. The highest BCUT2D eigenvalue weighted by Gasteiger charge is 2.29. The zero-order valence-corrected chi connectivity index (χ0v) is 12.3. The van der Waals surface area contributed by atoms with Crippen molar-refractivity contribution in [3.63, 3.8) is 0 Å². The van der Waals surface area contributed by atoms with Gasteiger partial charge in [-0.3, -0.25) is 4.79 Å². The van der Waals surface area contributed by atoms with Gasteiger partial charge in [-0.05, 0) is 26.3 Å². The molecule has 2 rings (SSSR count). The van der Waals surface area contributed by atoms with Crippen molar-refractivity contribution in [2.75, 3.05) is 19.6 Å². The Morgan fingerprint density at radius 1 is 1.50 bits per heavy atom. The highest BCUT2D eigenvalue weighted by atomic mass is 16.5. The molecule has 2 heterocycles. The zero-order valence-electron chi connectivity index (χ0n) is 12.3. The van der Waals surface area contributed by atoms with Crippen LogP contribution in [0.4, 0.5) is 0 Å². The summed E-state index contributed by atoms with van der Waals surface area (Å²) in [6.07, 6.45) is 0.597. The number of nitrogens with two attached hydrogens (primary N) is 1. The van der Waals surface area contributed by atoms with Crippen LogP contribution in [0.3, 0.4) is 0 Å². The molecule has 110 valence electrons. The van der Waals surface area contributed by atoms with Gasteiger partial charge in [0.2, 0.25) is 0 Å². The lowest BCUT2D eigenvalue weighted by atomic mass is 10.1. The van der Waals surface area contributed by atoms with E-state index < -0.39 is 0 Å². The molecule has 6 heteroatoms. The van der Waals surface area contributed by atoms with Crippen LogP contribution in [-0.2, 0) is 11.2 Å². The molecule has 2 atom stereocenters. The van der Waals surface area contributed by atoms with E-state index >= 15 is 0 Å². The molecule has 1 aromatic rings. The summed E-state index contributed by atoms with van der Waals surface area (Å²) in [7, 11) is 0. The molecule has 0 saturated carbocycles. The Morgan fingerprint density at radius 2 is 2.25 bits per heavy atom. The number of carbonyl (C=O) groups excluding carboxylic acids is 1. The predicted molar refractivity (Wildman–Crippen MR) is 75.4 cm³/mol. The smallest absolute Gasteiger partial charge is 0.256 e. The van der Waals surface area contributed by atoms with Gasteiger partial charge in [-0.15, -0.1) is 0 Å². The fraction of sp³-hybridized carbons (Fsp3) is 0.643. The first kappa shape index (κ1) is 14.9. The molecule has 0 aliphatic carbocycles. The molecular formula is C14H22N4O2. The Kier molecular flexibility index (Phi) is 4.67. The Labute approximate surface area is 119 Å². The molecule has 2 unspecified atom stereocenters. The van der Waals surface area contributed by atoms with Gasteiger partial charge in [0.25, 0.3) is 5.91 Å². The Hall–Kier alpha value is -1.53. The van der Waals surface area contributed by atoms with Crippen molar-refractivity contribution in [2.24, 2.45) is 5.73 Å². The first-order valence-electron chi connectivity index (χ1n) is 7.03. The summed E-state index contributed by atoms with van der Waals surface area (Å²) in [5.74, 6) is -0.00606. The van der Waals surface area contributed by atoms with Crippen LogP contribution in [-0.4, -0.2) is 52.8 Å². The Morgan fingerprint density at radius 3 is 2.90 bits per heavy atom. The summed E-state index contributed by atoms with van der Waals surface area (Å²) in [4.78, 5) is 14.5.